The Morgan fingerprint density at radius 3 is 2.43 bits per heavy atom. The number of benzene rings is 1. The van der Waals surface area contributed by atoms with Gasteiger partial charge in [0.05, 0.1) is 17.4 Å². The lowest BCUT2D eigenvalue weighted by atomic mass is 10.1. The van der Waals surface area contributed by atoms with Crippen molar-refractivity contribution in [2.75, 3.05) is 13.2 Å². The minimum Gasteiger partial charge on any atom is -0.483 e. The van der Waals surface area contributed by atoms with Crippen molar-refractivity contribution in [2.45, 2.75) is 25.2 Å². The molecule has 21 heavy (non-hydrogen) atoms. The maximum absolute atomic E-state index is 11.5. The van der Waals surface area contributed by atoms with Crippen molar-refractivity contribution in [2.24, 2.45) is 0 Å². The van der Waals surface area contributed by atoms with Crippen LogP contribution in [0.5, 0.6) is 5.75 Å². The normalized spacial score (nSPS) is 10.8. The minimum atomic E-state index is -3.80. The van der Waals surface area contributed by atoms with E-state index in [-0.39, 0.29) is 30.4 Å². The summed E-state index contributed by atoms with van der Waals surface area (Å²) in [6.45, 7) is 3.39. The van der Waals surface area contributed by atoms with Gasteiger partial charge in [0.25, 0.3) is 15.0 Å². The summed E-state index contributed by atoms with van der Waals surface area (Å²) in [4.78, 5) is 11.5. The maximum Gasteiger partial charge on any atom is 0.261 e. The Kier molecular flexibility index (Phi) is 6.00. The molecular formula is C13H15ClN2O4S. The summed E-state index contributed by atoms with van der Waals surface area (Å²) in [5.41, 5.74) is 1.14. The second-order valence-corrected chi connectivity index (χ2v) is 6.94. The average molecular weight is 331 g/mol. The maximum atomic E-state index is 11.5. The van der Waals surface area contributed by atoms with Gasteiger partial charge in [0.1, 0.15) is 5.75 Å². The number of ether oxygens (including phenoxy) is 1. The summed E-state index contributed by atoms with van der Waals surface area (Å²) in [6, 6.07) is 4.68. The summed E-state index contributed by atoms with van der Waals surface area (Å²) in [7, 11) is 1.49. The fraction of sp³-hybridized carbons (Fsp3) is 0.385. The van der Waals surface area contributed by atoms with Gasteiger partial charge in [-0.1, -0.05) is 0 Å². The van der Waals surface area contributed by atoms with E-state index in [1.54, 1.807) is 13.8 Å². The summed E-state index contributed by atoms with van der Waals surface area (Å²) >= 11 is 0. The van der Waals surface area contributed by atoms with Gasteiger partial charge in [-0.05, 0) is 37.1 Å². The lowest BCUT2D eigenvalue weighted by molar-refractivity contribution is -0.123. The number of nitriles is 1. The zero-order valence-electron chi connectivity index (χ0n) is 11.6. The molecule has 0 aliphatic rings. The lowest BCUT2D eigenvalue weighted by Crippen LogP contribution is -2.29. The van der Waals surface area contributed by atoms with Crippen molar-refractivity contribution in [3.8, 4) is 11.8 Å². The molecule has 1 aromatic carbocycles. The fourth-order valence-electron chi connectivity index (χ4n) is 1.73. The molecule has 0 bridgehead atoms. The van der Waals surface area contributed by atoms with E-state index in [0.717, 1.165) is 0 Å². The molecule has 1 aromatic rings. The van der Waals surface area contributed by atoms with Crippen LogP contribution in [0.25, 0.3) is 0 Å². The number of nitrogens with one attached hydrogen (secondary N) is 1. The number of rotatable bonds is 6. The highest BCUT2D eigenvalue weighted by molar-refractivity contribution is 8.13. The van der Waals surface area contributed by atoms with Crippen molar-refractivity contribution in [3.05, 3.63) is 23.3 Å². The summed E-state index contributed by atoms with van der Waals surface area (Å²) in [5, 5.41) is 10.9. The molecule has 8 heteroatoms. The molecule has 0 aromatic heterocycles. The standard InChI is InChI=1S/C13H15ClN2O4S/c1-9-6-11(21(14,18)19)7-10(2)13(9)20-8-12(17)16-5-3-4-15/h6-7H,3,5,8H2,1-2H3,(H,16,17). The van der Waals surface area contributed by atoms with Crippen LogP contribution in [0.3, 0.4) is 0 Å². The molecule has 0 radical (unpaired) electrons. The largest absolute Gasteiger partial charge is 0.483 e. The number of carbonyl (C=O) groups excluding carboxylic acids is 1. The average Bonchev–Trinajstić information content (AvgIpc) is 2.36. The molecule has 0 fully saturated rings. The monoisotopic (exact) mass is 330 g/mol. The molecular weight excluding hydrogens is 316 g/mol. The number of hydrogen-bond donors (Lipinski definition) is 1. The molecule has 0 saturated carbocycles. The van der Waals surface area contributed by atoms with Gasteiger partial charge in [0, 0.05) is 17.2 Å². The second kappa shape index (κ2) is 7.29. The van der Waals surface area contributed by atoms with Crippen LogP contribution in [0.2, 0.25) is 0 Å². The first-order valence-electron chi connectivity index (χ1n) is 6.08. The van der Waals surface area contributed by atoms with E-state index in [9.17, 15) is 13.2 Å². The topological polar surface area (TPSA) is 96.3 Å². The molecule has 1 amide bonds. The van der Waals surface area contributed by atoms with Gasteiger partial charge in [-0.15, -0.1) is 0 Å². The third-order valence-corrected chi connectivity index (χ3v) is 3.96. The van der Waals surface area contributed by atoms with E-state index < -0.39 is 9.05 Å². The number of halogens is 1. The third kappa shape index (κ3) is 5.25. The predicted molar refractivity (Wildman–Crippen MR) is 77.7 cm³/mol. The predicted octanol–water partition coefficient (Wildman–Crippen LogP) is 1.64. The number of hydrogen-bond acceptors (Lipinski definition) is 5. The van der Waals surface area contributed by atoms with Gasteiger partial charge in [-0.2, -0.15) is 5.26 Å². The highest BCUT2D eigenvalue weighted by atomic mass is 35.7. The van der Waals surface area contributed by atoms with Crippen LogP contribution >= 0.6 is 10.7 Å². The Morgan fingerprint density at radius 1 is 1.38 bits per heavy atom. The molecule has 1 rings (SSSR count). The highest BCUT2D eigenvalue weighted by Crippen LogP contribution is 2.28. The number of carbonyl (C=O) groups is 1. The fourth-order valence-corrected chi connectivity index (χ4v) is 2.63. The first-order chi connectivity index (χ1) is 9.75. The van der Waals surface area contributed by atoms with E-state index in [1.807, 2.05) is 6.07 Å². The summed E-state index contributed by atoms with van der Waals surface area (Å²) in [5.74, 6) is 0.0904. The van der Waals surface area contributed by atoms with E-state index >= 15 is 0 Å². The third-order valence-electron chi connectivity index (χ3n) is 2.62. The van der Waals surface area contributed by atoms with Crippen LogP contribution in [0.1, 0.15) is 17.5 Å². The molecule has 0 spiro atoms. The molecule has 0 aliphatic heterocycles. The minimum absolute atomic E-state index is 0.00927. The number of aryl methyl sites for hydroxylation is 2. The van der Waals surface area contributed by atoms with Crippen LogP contribution < -0.4 is 10.1 Å². The Bertz CT molecular complexity index is 657. The first-order valence-corrected chi connectivity index (χ1v) is 8.39. The number of nitrogens with zero attached hydrogens (tertiary/aromatic N) is 1. The SMILES string of the molecule is Cc1cc(S(=O)(=O)Cl)cc(C)c1OCC(=O)NCCC#N. The van der Waals surface area contributed by atoms with Gasteiger partial charge in [0.15, 0.2) is 6.61 Å². The molecule has 0 aliphatic carbocycles. The van der Waals surface area contributed by atoms with E-state index in [0.29, 0.717) is 16.9 Å². The van der Waals surface area contributed by atoms with Crippen LogP contribution in [0.15, 0.2) is 17.0 Å². The van der Waals surface area contributed by atoms with Crippen molar-refractivity contribution < 1.29 is 17.9 Å². The Morgan fingerprint density at radius 2 is 1.95 bits per heavy atom. The van der Waals surface area contributed by atoms with Crippen molar-refractivity contribution in [3.63, 3.8) is 0 Å². The van der Waals surface area contributed by atoms with Crippen molar-refractivity contribution in [1.29, 1.82) is 5.26 Å². The summed E-state index contributed by atoms with van der Waals surface area (Å²) < 4.78 is 28.0. The van der Waals surface area contributed by atoms with Gasteiger partial charge in [0.2, 0.25) is 0 Å². The van der Waals surface area contributed by atoms with Crippen LogP contribution in [0.4, 0.5) is 0 Å². The van der Waals surface area contributed by atoms with Crippen LogP contribution in [0, 0.1) is 25.2 Å². The highest BCUT2D eigenvalue weighted by Gasteiger charge is 2.15. The van der Waals surface area contributed by atoms with Gasteiger partial charge in [-0.3, -0.25) is 4.79 Å². The molecule has 0 saturated heterocycles. The van der Waals surface area contributed by atoms with E-state index in [4.69, 9.17) is 20.7 Å². The first kappa shape index (κ1) is 17.3. The molecule has 114 valence electrons. The van der Waals surface area contributed by atoms with E-state index in [2.05, 4.69) is 5.32 Å². The second-order valence-electron chi connectivity index (χ2n) is 4.37. The lowest BCUT2D eigenvalue weighted by Gasteiger charge is -2.13. The zero-order valence-corrected chi connectivity index (χ0v) is 13.2. The van der Waals surface area contributed by atoms with Gasteiger partial charge in [-0.25, -0.2) is 8.42 Å². The van der Waals surface area contributed by atoms with Crippen molar-refractivity contribution >= 4 is 25.6 Å². The molecule has 0 unspecified atom stereocenters. The molecule has 1 N–H and O–H groups in total. The van der Waals surface area contributed by atoms with E-state index in [1.165, 1.54) is 12.1 Å². The van der Waals surface area contributed by atoms with Gasteiger partial charge >= 0.3 is 0 Å². The van der Waals surface area contributed by atoms with Crippen LogP contribution in [-0.4, -0.2) is 27.5 Å². The summed E-state index contributed by atoms with van der Waals surface area (Å²) in [6.07, 6.45) is 0.228. The Hall–Kier alpha value is -1.78. The quantitative estimate of drug-likeness (QED) is 0.631. The molecule has 0 atom stereocenters. The van der Waals surface area contributed by atoms with Gasteiger partial charge < -0.3 is 10.1 Å². The molecule has 6 nitrogen and oxygen atoms in total. The zero-order chi connectivity index (χ0) is 16.0. The van der Waals surface area contributed by atoms with Crippen LogP contribution in [-0.2, 0) is 13.8 Å². The smallest absolute Gasteiger partial charge is 0.261 e. The van der Waals surface area contributed by atoms with Crippen molar-refractivity contribution in [1.82, 2.24) is 5.32 Å². The number of amides is 1. The molecule has 0 heterocycles. The Labute approximate surface area is 128 Å². The Balaban J connectivity index is 2.77.